The van der Waals surface area contributed by atoms with Crippen molar-refractivity contribution in [3.8, 4) is 5.75 Å². The molecule has 2 unspecified atom stereocenters. The lowest BCUT2D eigenvalue weighted by Crippen LogP contribution is -2.53. The molecule has 6 nitrogen and oxygen atoms in total. The Labute approximate surface area is 169 Å². The van der Waals surface area contributed by atoms with E-state index in [9.17, 15) is 0 Å². The van der Waals surface area contributed by atoms with Crippen molar-refractivity contribution in [3.63, 3.8) is 0 Å². The fraction of sp³-hybridized carbons (Fsp3) is 0.682. The van der Waals surface area contributed by atoms with E-state index in [2.05, 4.69) is 44.0 Å². The number of aliphatic imine (C=N–C) groups is 1. The number of para-hydroxylation sites is 1. The first-order chi connectivity index (χ1) is 13.5. The summed E-state index contributed by atoms with van der Waals surface area (Å²) < 4.78 is 17.9. The summed E-state index contributed by atoms with van der Waals surface area (Å²) in [4.78, 5) is 7.21. The van der Waals surface area contributed by atoms with E-state index in [1.165, 1.54) is 0 Å². The van der Waals surface area contributed by atoms with Gasteiger partial charge in [-0.25, -0.2) is 4.99 Å². The van der Waals surface area contributed by atoms with Crippen LogP contribution in [0.4, 0.5) is 0 Å². The SMILES string of the molecule is CCNC(=NCc1ccccc1OC(C)(C)C)N1CCOC(C2CCCO2)C1. The fourth-order valence-corrected chi connectivity index (χ4v) is 3.64. The van der Waals surface area contributed by atoms with Crippen LogP contribution in [0, 0.1) is 0 Å². The molecule has 0 amide bonds. The van der Waals surface area contributed by atoms with Gasteiger partial charge in [0.1, 0.15) is 17.5 Å². The maximum atomic E-state index is 6.12. The van der Waals surface area contributed by atoms with Gasteiger partial charge in [0.05, 0.1) is 19.3 Å². The third-order valence-corrected chi connectivity index (χ3v) is 4.90. The van der Waals surface area contributed by atoms with Crippen LogP contribution < -0.4 is 10.1 Å². The second kappa shape index (κ2) is 9.61. The molecule has 2 aliphatic rings. The minimum atomic E-state index is -0.233. The summed E-state index contributed by atoms with van der Waals surface area (Å²) in [6.07, 6.45) is 2.55. The number of guanidine groups is 1. The Hall–Kier alpha value is -1.79. The molecule has 3 rings (SSSR count). The van der Waals surface area contributed by atoms with Crippen LogP contribution in [0.25, 0.3) is 0 Å². The van der Waals surface area contributed by atoms with Gasteiger partial charge in [-0.3, -0.25) is 0 Å². The van der Waals surface area contributed by atoms with Gasteiger partial charge in [-0.1, -0.05) is 18.2 Å². The van der Waals surface area contributed by atoms with Crippen molar-refractivity contribution < 1.29 is 14.2 Å². The molecule has 6 heteroatoms. The molecular weight excluding hydrogens is 354 g/mol. The van der Waals surface area contributed by atoms with Crippen LogP contribution in [0.2, 0.25) is 0 Å². The highest BCUT2D eigenvalue weighted by Crippen LogP contribution is 2.24. The van der Waals surface area contributed by atoms with E-state index in [-0.39, 0.29) is 17.8 Å². The fourth-order valence-electron chi connectivity index (χ4n) is 3.64. The average Bonchev–Trinajstić information content (AvgIpc) is 3.20. The molecule has 0 spiro atoms. The standard InChI is InChI=1S/C22H35N3O3/c1-5-23-21(25-12-14-27-20(16-25)19-11-8-13-26-19)24-15-17-9-6-7-10-18(17)28-22(2,3)4/h6-7,9-10,19-20H,5,8,11-16H2,1-4H3,(H,23,24). The van der Waals surface area contributed by atoms with E-state index in [0.717, 1.165) is 56.4 Å². The molecule has 1 aromatic carbocycles. The van der Waals surface area contributed by atoms with Gasteiger partial charge in [0.15, 0.2) is 5.96 Å². The Morgan fingerprint density at radius 2 is 2.00 bits per heavy atom. The number of ether oxygens (including phenoxy) is 3. The van der Waals surface area contributed by atoms with Crippen LogP contribution in [-0.4, -0.2) is 61.5 Å². The van der Waals surface area contributed by atoms with E-state index in [0.29, 0.717) is 13.2 Å². The van der Waals surface area contributed by atoms with Gasteiger partial charge in [0, 0.05) is 31.8 Å². The molecule has 1 aromatic rings. The lowest BCUT2D eigenvalue weighted by atomic mass is 10.1. The van der Waals surface area contributed by atoms with Crippen molar-refractivity contribution in [2.24, 2.45) is 4.99 Å². The largest absolute Gasteiger partial charge is 0.488 e. The Balaban J connectivity index is 1.70. The van der Waals surface area contributed by atoms with Crippen LogP contribution in [0.3, 0.4) is 0 Å². The van der Waals surface area contributed by atoms with E-state index in [1.807, 2.05) is 18.2 Å². The molecule has 0 aromatic heterocycles. The molecule has 1 N–H and O–H groups in total. The number of nitrogens with one attached hydrogen (secondary N) is 1. The Morgan fingerprint density at radius 1 is 1.21 bits per heavy atom. The lowest BCUT2D eigenvalue weighted by Gasteiger charge is -2.37. The number of benzene rings is 1. The van der Waals surface area contributed by atoms with Gasteiger partial charge in [-0.05, 0) is 46.6 Å². The molecule has 2 fully saturated rings. The van der Waals surface area contributed by atoms with E-state index >= 15 is 0 Å². The van der Waals surface area contributed by atoms with Gasteiger partial charge in [0.25, 0.3) is 0 Å². The lowest BCUT2D eigenvalue weighted by molar-refractivity contribution is -0.0817. The van der Waals surface area contributed by atoms with Gasteiger partial charge < -0.3 is 24.4 Å². The maximum absolute atomic E-state index is 6.12. The molecule has 2 saturated heterocycles. The highest BCUT2D eigenvalue weighted by molar-refractivity contribution is 5.80. The molecule has 0 radical (unpaired) electrons. The van der Waals surface area contributed by atoms with Crippen molar-refractivity contribution in [3.05, 3.63) is 29.8 Å². The molecule has 0 aliphatic carbocycles. The van der Waals surface area contributed by atoms with Gasteiger partial charge in [-0.15, -0.1) is 0 Å². The van der Waals surface area contributed by atoms with Crippen LogP contribution in [-0.2, 0) is 16.0 Å². The average molecular weight is 390 g/mol. The number of hydrogen-bond donors (Lipinski definition) is 1. The first-order valence-electron chi connectivity index (χ1n) is 10.5. The van der Waals surface area contributed by atoms with Crippen molar-refractivity contribution in [1.82, 2.24) is 10.2 Å². The molecule has 2 atom stereocenters. The smallest absolute Gasteiger partial charge is 0.194 e. The van der Waals surface area contributed by atoms with Gasteiger partial charge >= 0.3 is 0 Å². The zero-order valence-electron chi connectivity index (χ0n) is 17.7. The Kier molecular flexibility index (Phi) is 7.18. The molecule has 2 heterocycles. The van der Waals surface area contributed by atoms with E-state index < -0.39 is 0 Å². The molecule has 28 heavy (non-hydrogen) atoms. The van der Waals surface area contributed by atoms with Crippen LogP contribution in [0.15, 0.2) is 29.3 Å². The first kappa shape index (κ1) is 20.9. The van der Waals surface area contributed by atoms with Gasteiger partial charge in [-0.2, -0.15) is 0 Å². The van der Waals surface area contributed by atoms with Crippen LogP contribution >= 0.6 is 0 Å². The zero-order valence-corrected chi connectivity index (χ0v) is 17.7. The van der Waals surface area contributed by atoms with E-state index in [1.54, 1.807) is 0 Å². The minimum Gasteiger partial charge on any atom is -0.488 e. The zero-order chi connectivity index (χ0) is 20.0. The monoisotopic (exact) mass is 389 g/mol. The predicted octanol–water partition coefficient (Wildman–Crippen LogP) is 3.21. The van der Waals surface area contributed by atoms with E-state index in [4.69, 9.17) is 19.2 Å². The summed E-state index contributed by atoms with van der Waals surface area (Å²) >= 11 is 0. The summed E-state index contributed by atoms with van der Waals surface area (Å²) in [6.45, 7) is 12.9. The first-order valence-corrected chi connectivity index (χ1v) is 10.5. The molecular formula is C22H35N3O3. The third kappa shape index (κ3) is 5.85. The normalized spacial score (nSPS) is 23.7. The van der Waals surface area contributed by atoms with Crippen molar-refractivity contribution in [2.75, 3.05) is 32.8 Å². The maximum Gasteiger partial charge on any atom is 0.194 e. The topological polar surface area (TPSA) is 55.3 Å². The summed E-state index contributed by atoms with van der Waals surface area (Å²) in [5.41, 5.74) is 0.861. The highest BCUT2D eigenvalue weighted by Gasteiger charge is 2.32. The molecule has 156 valence electrons. The van der Waals surface area contributed by atoms with Crippen molar-refractivity contribution >= 4 is 5.96 Å². The number of morpholine rings is 1. The van der Waals surface area contributed by atoms with Crippen molar-refractivity contribution in [2.45, 2.75) is 64.9 Å². The van der Waals surface area contributed by atoms with Gasteiger partial charge in [0.2, 0.25) is 0 Å². The Morgan fingerprint density at radius 3 is 2.71 bits per heavy atom. The third-order valence-electron chi connectivity index (χ3n) is 4.90. The van der Waals surface area contributed by atoms with Crippen LogP contribution in [0.5, 0.6) is 5.75 Å². The second-order valence-corrected chi connectivity index (χ2v) is 8.40. The summed E-state index contributed by atoms with van der Waals surface area (Å²) in [7, 11) is 0. The molecule has 0 bridgehead atoms. The summed E-state index contributed by atoms with van der Waals surface area (Å²) in [5.74, 6) is 1.83. The number of hydrogen-bond acceptors (Lipinski definition) is 4. The number of nitrogens with zero attached hydrogens (tertiary/aromatic N) is 2. The second-order valence-electron chi connectivity index (χ2n) is 8.40. The molecule has 0 saturated carbocycles. The predicted molar refractivity (Wildman–Crippen MR) is 112 cm³/mol. The summed E-state index contributed by atoms with van der Waals surface area (Å²) in [5, 5.41) is 3.44. The number of rotatable bonds is 5. The summed E-state index contributed by atoms with van der Waals surface area (Å²) in [6, 6.07) is 8.15. The van der Waals surface area contributed by atoms with Crippen LogP contribution in [0.1, 0.15) is 46.1 Å². The minimum absolute atomic E-state index is 0.122. The van der Waals surface area contributed by atoms with Crippen molar-refractivity contribution in [1.29, 1.82) is 0 Å². The quantitative estimate of drug-likeness (QED) is 0.619. The molecule has 2 aliphatic heterocycles. The highest BCUT2D eigenvalue weighted by atomic mass is 16.5. The Bertz CT molecular complexity index is 651.